The van der Waals surface area contributed by atoms with Crippen LogP contribution in [0.2, 0.25) is 19.1 Å². The average molecular weight is 567 g/mol. The van der Waals surface area contributed by atoms with E-state index in [1.165, 1.54) is 12.8 Å². The first-order chi connectivity index (χ1) is 18.8. The summed E-state index contributed by atoms with van der Waals surface area (Å²) in [5.41, 5.74) is 0. The number of ether oxygens (including phenoxy) is 4. The Labute approximate surface area is 241 Å². The van der Waals surface area contributed by atoms with Crippen LogP contribution in [0.5, 0.6) is 11.5 Å². The molecule has 0 spiro atoms. The molecule has 2 aromatic rings. The molecule has 3 rings (SSSR count). The molecule has 0 bridgehead atoms. The molecule has 1 fully saturated rings. The summed E-state index contributed by atoms with van der Waals surface area (Å²) in [5, 5.41) is 9.75. The number of hydrogen-bond donors (Lipinski definition) is 1. The molecule has 226 valence electrons. The van der Waals surface area contributed by atoms with Gasteiger partial charge in [-0.3, -0.25) is 0 Å². The Morgan fingerprint density at radius 3 is 1.74 bits per heavy atom. The van der Waals surface area contributed by atoms with Crippen LogP contribution < -0.4 is 9.47 Å². The maximum Gasteiger partial charge on any atom is 0.186 e. The largest absolute Gasteiger partial charge is 0.491 e. The van der Waals surface area contributed by atoms with Gasteiger partial charge in [0.2, 0.25) is 0 Å². The summed E-state index contributed by atoms with van der Waals surface area (Å²) in [6.45, 7) is 19.6. The molecule has 2 unspecified atom stereocenters. The summed E-state index contributed by atoms with van der Waals surface area (Å²) in [7, 11) is 0.295. The first kappa shape index (κ1) is 39.2. The second-order valence-electron chi connectivity index (χ2n) is 9.41. The SMILES string of the molecule is CC.CCC.CCC.CO[Si](C)(C)CCCOCC(O)COc1ccccc1.c1ccc(OCC2CO2)cc1. The van der Waals surface area contributed by atoms with Gasteiger partial charge in [0.15, 0.2) is 8.32 Å². The van der Waals surface area contributed by atoms with E-state index in [-0.39, 0.29) is 6.61 Å². The Hall–Kier alpha value is -1.90. The van der Waals surface area contributed by atoms with Crippen molar-refractivity contribution in [3.63, 3.8) is 0 Å². The van der Waals surface area contributed by atoms with Crippen LogP contribution in [0.25, 0.3) is 0 Å². The molecule has 1 aliphatic rings. The number of rotatable bonds is 13. The third-order valence-corrected chi connectivity index (χ3v) is 7.36. The van der Waals surface area contributed by atoms with E-state index in [9.17, 15) is 5.11 Å². The molecule has 6 nitrogen and oxygen atoms in total. The van der Waals surface area contributed by atoms with Gasteiger partial charge in [-0.1, -0.05) is 90.8 Å². The van der Waals surface area contributed by atoms with Crippen molar-refractivity contribution < 1.29 is 28.5 Å². The number of epoxide rings is 1. The molecule has 2 aromatic carbocycles. The number of para-hydroxylation sites is 2. The first-order valence-corrected chi connectivity index (χ1v) is 17.7. The Bertz CT molecular complexity index is 724. The molecular formula is C32H58O6Si. The van der Waals surface area contributed by atoms with Gasteiger partial charge in [0, 0.05) is 13.7 Å². The summed E-state index contributed by atoms with van der Waals surface area (Å²) >= 11 is 0. The molecule has 0 aliphatic carbocycles. The Morgan fingerprint density at radius 1 is 0.846 bits per heavy atom. The van der Waals surface area contributed by atoms with Crippen molar-refractivity contribution in [2.24, 2.45) is 0 Å². The summed E-state index contributed by atoms with van der Waals surface area (Å²) in [5.74, 6) is 1.68. The number of hydrogen-bond acceptors (Lipinski definition) is 6. The summed E-state index contributed by atoms with van der Waals surface area (Å²) in [4.78, 5) is 0. The van der Waals surface area contributed by atoms with E-state index < -0.39 is 14.4 Å². The highest BCUT2D eigenvalue weighted by Crippen LogP contribution is 2.14. The molecule has 7 heteroatoms. The van der Waals surface area contributed by atoms with E-state index in [1.54, 1.807) is 7.11 Å². The minimum atomic E-state index is -1.48. The maximum atomic E-state index is 9.75. The Morgan fingerprint density at radius 2 is 1.31 bits per heavy atom. The van der Waals surface area contributed by atoms with Crippen LogP contribution in [-0.4, -0.2) is 65.8 Å². The predicted molar refractivity (Wildman–Crippen MR) is 168 cm³/mol. The van der Waals surface area contributed by atoms with Crippen LogP contribution in [0.1, 0.15) is 60.8 Å². The lowest BCUT2D eigenvalue weighted by molar-refractivity contribution is 0.0121. The van der Waals surface area contributed by atoms with E-state index in [4.69, 9.17) is 23.4 Å². The Balaban J connectivity index is 0. The third kappa shape index (κ3) is 27.5. The van der Waals surface area contributed by atoms with Crippen LogP contribution in [0.3, 0.4) is 0 Å². The van der Waals surface area contributed by atoms with Gasteiger partial charge < -0.3 is 28.5 Å². The van der Waals surface area contributed by atoms with Gasteiger partial charge in [-0.05, 0) is 49.8 Å². The van der Waals surface area contributed by atoms with Crippen LogP contribution in [-0.2, 0) is 13.9 Å². The average Bonchev–Trinajstić information content (AvgIpc) is 3.79. The monoisotopic (exact) mass is 566 g/mol. The van der Waals surface area contributed by atoms with Crippen molar-refractivity contribution in [3.05, 3.63) is 60.7 Å². The van der Waals surface area contributed by atoms with Gasteiger partial charge in [-0.15, -0.1) is 0 Å². The third-order valence-electron chi connectivity index (χ3n) is 4.70. The zero-order valence-corrected chi connectivity index (χ0v) is 27.3. The van der Waals surface area contributed by atoms with Crippen LogP contribution in [0.4, 0.5) is 0 Å². The number of aliphatic hydroxyl groups excluding tert-OH is 1. The molecule has 1 N–H and O–H groups in total. The highest BCUT2D eigenvalue weighted by Gasteiger charge is 2.22. The van der Waals surface area contributed by atoms with E-state index >= 15 is 0 Å². The maximum absolute atomic E-state index is 9.75. The standard InChI is InChI=1S/C15H26O4Si.C9H10O2.2C3H8.C2H6/c1-17-20(2,3)11-7-10-18-12-14(16)13-19-15-8-5-4-6-9-15;1-2-4-8(5-3-1)10-6-9-7-11-9;2*1-3-2;1-2/h4-6,8-9,14,16H,7,10-13H2,1-3H3;1-5,9H,6-7H2;2*3H2,1-2H3;1-2H3. The lowest BCUT2D eigenvalue weighted by Gasteiger charge is -2.19. The Kier molecular flexibility index (Phi) is 27.8. The first-order valence-electron chi connectivity index (χ1n) is 14.6. The van der Waals surface area contributed by atoms with Crippen molar-refractivity contribution in [1.29, 1.82) is 0 Å². The van der Waals surface area contributed by atoms with Crippen molar-refractivity contribution in [3.8, 4) is 11.5 Å². The van der Waals surface area contributed by atoms with Gasteiger partial charge in [-0.2, -0.15) is 0 Å². The van der Waals surface area contributed by atoms with E-state index in [2.05, 4.69) is 40.8 Å². The topological polar surface area (TPSA) is 69.7 Å². The van der Waals surface area contributed by atoms with Crippen molar-refractivity contribution >= 4 is 8.32 Å². The lowest BCUT2D eigenvalue weighted by atomic mass is 10.3. The molecule has 1 aliphatic heterocycles. The summed E-state index contributed by atoms with van der Waals surface area (Å²) in [6.07, 6.45) is 3.22. The second kappa shape index (κ2) is 27.7. The summed E-state index contributed by atoms with van der Waals surface area (Å²) < 4.78 is 26.8. The molecule has 2 atom stereocenters. The van der Waals surface area contributed by atoms with Crippen LogP contribution >= 0.6 is 0 Å². The van der Waals surface area contributed by atoms with Gasteiger partial charge in [0.25, 0.3) is 0 Å². The van der Waals surface area contributed by atoms with Gasteiger partial charge in [-0.25, -0.2) is 0 Å². The molecule has 0 radical (unpaired) electrons. The fourth-order valence-electron chi connectivity index (χ4n) is 2.55. The van der Waals surface area contributed by atoms with Gasteiger partial charge in [0.05, 0.1) is 13.2 Å². The van der Waals surface area contributed by atoms with E-state index in [0.29, 0.717) is 25.9 Å². The molecule has 1 saturated heterocycles. The highest BCUT2D eigenvalue weighted by atomic mass is 28.4. The van der Waals surface area contributed by atoms with Crippen molar-refractivity contribution in [2.45, 2.75) is 92.2 Å². The molecule has 0 aromatic heterocycles. The molecule has 39 heavy (non-hydrogen) atoms. The normalized spacial score (nSPS) is 13.8. The zero-order chi connectivity index (χ0) is 29.8. The fourth-order valence-corrected chi connectivity index (χ4v) is 3.75. The van der Waals surface area contributed by atoms with Crippen LogP contribution in [0, 0.1) is 0 Å². The quantitative estimate of drug-likeness (QED) is 0.150. The minimum Gasteiger partial charge on any atom is -0.491 e. The van der Waals surface area contributed by atoms with Crippen molar-refractivity contribution in [1.82, 2.24) is 0 Å². The van der Waals surface area contributed by atoms with Gasteiger partial charge >= 0.3 is 0 Å². The molecule has 0 saturated carbocycles. The minimum absolute atomic E-state index is 0.252. The van der Waals surface area contributed by atoms with E-state index in [0.717, 1.165) is 30.6 Å². The molecule has 0 amide bonds. The number of benzene rings is 2. The predicted octanol–water partition coefficient (Wildman–Crippen LogP) is 8.01. The smallest absolute Gasteiger partial charge is 0.186 e. The van der Waals surface area contributed by atoms with Crippen molar-refractivity contribution in [2.75, 3.05) is 40.1 Å². The summed E-state index contributed by atoms with van der Waals surface area (Å²) in [6, 6.07) is 20.3. The van der Waals surface area contributed by atoms with Gasteiger partial charge in [0.1, 0.15) is 36.9 Å². The lowest BCUT2D eigenvalue weighted by Crippen LogP contribution is -2.29. The highest BCUT2D eigenvalue weighted by molar-refractivity contribution is 6.71. The molecular weight excluding hydrogens is 508 g/mol. The van der Waals surface area contributed by atoms with Crippen LogP contribution in [0.15, 0.2) is 60.7 Å². The number of aliphatic hydroxyl groups is 1. The zero-order valence-electron chi connectivity index (χ0n) is 26.3. The van der Waals surface area contributed by atoms with E-state index in [1.807, 2.05) is 74.5 Å². The fraction of sp³-hybridized carbons (Fsp3) is 0.625. The second-order valence-corrected chi connectivity index (χ2v) is 13.8. The molecule has 1 heterocycles.